The van der Waals surface area contributed by atoms with Crippen molar-refractivity contribution in [3.63, 3.8) is 0 Å². The van der Waals surface area contributed by atoms with E-state index in [-0.39, 0.29) is 11.4 Å². The number of nitrogens with zero attached hydrogens (tertiary/aromatic N) is 4. The zero-order chi connectivity index (χ0) is 28.4. The smallest absolute Gasteiger partial charge is 0.264 e. The molecule has 1 aliphatic rings. The molecule has 0 unspecified atom stereocenters. The van der Waals surface area contributed by atoms with Crippen LogP contribution in [0.25, 0.3) is 10.6 Å². The maximum Gasteiger partial charge on any atom is 0.264 e. The third-order valence-electron chi connectivity index (χ3n) is 6.91. The fraction of sp³-hybridized carbons (Fsp3) is 0.125. The minimum absolute atomic E-state index is 0.194. The first-order chi connectivity index (χ1) is 19.9. The minimum atomic E-state index is -3.82. The third-order valence-corrected chi connectivity index (χ3v) is 9.84. The Morgan fingerprint density at radius 3 is 1.98 bits per heavy atom. The van der Waals surface area contributed by atoms with Crippen LogP contribution in [0.4, 0.5) is 5.69 Å². The van der Waals surface area contributed by atoms with Crippen LogP contribution >= 0.6 is 11.8 Å². The predicted molar refractivity (Wildman–Crippen MR) is 166 cm³/mol. The standard InChI is InChI=1S/C32H29N5O2S2/c1-23-13-17-27(18-14-23)36(41(38,39)28-19-15-24(2)16-20-28)22-21-29-33-34-32-37(29)35-30(25-9-5-3-6-10-25)31(40-32)26-11-7-4-8-12-26/h3-20,35H,21-22H2,1-2H3. The van der Waals surface area contributed by atoms with Crippen LogP contribution in [0.1, 0.15) is 28.1 Å². The van der Waals surface area contributed by atoms with Crippen LogP contribution in [0.2, 0.25) is 0 Å². The molecule has 1 N–H and O–H groups in total. The van der Waals surface area contributed by atoms with Gasteiger partial charge in [0.25, 0.3) is 10.0 Å². The second-order valence-corrected chi connectivity index (χ2v) is 12.7. The van der Waals surface area contributed by atoms with E-state index in [0.717, 1.165) is 32.9 Å². The number of nitrogens with one attached hydrogen (secondary N) is 1. The number of aryl methyl sites for hydroxylation is 2. The molecule has 0 atom stereocenters. The predicted octanol–water partition coefficient (Wildman–Crippen LogP) is 6.51. The van der Waals surface area contributed by atoms with Crippen LogP contribution in [0.5, 0.6) is 0 Å². The molecule has 0 saturated heterocycles. The number of hydrogen-bond donors (Lipinski definition) is 1. The Kier molecular flexibility index (Phi) is 7.38. The maximum atomic E-state index is 13.9. The van der Waals surface area contributed by atoms with Gasteiger partial charge in [0.2, 0.25) is 5.16 Å². The van der Waals surface area contributed by atoms with Gasteiger partial charge < -0.3 is 0 Å². The molecule has 0 bridgehead atoms. The third kappa shape index (κ3) is 5.51. The van der Waals surface area contributed by atoms with Crippen LogP contribution in [-0.4, -0.2) is 29.8 Å². The maximum absolute atomic E-state index is 13.9. The van der Waals surface area contributed by atoms with Gasteiger partial charge >= 0.3 is 0 Å². The second-order valence-electron chi connectivity index (χ2n) is 9.86. The molecule has 41 heavy (non-hydrogen) atoms. The van der Waals surface area contributed by atoms with Gasteiger partial charge in [-0.25, -0.2) is 13.1 Å². The molecule has 7 nitrogen and oxygen atoms in total. The molecule has 6 rings (SSSR count). The Morgan fingerprint density at radius 1 is 0.756 bits per heavy atom. The Balaban J connectivity index is 1.34. The average molecular weight is 580 g/mol. The number of sulfonamides is 1. The van der Waals surface area contributed by atoms with Crippen molar-refractivity contribution in [3.05, 3.63) is 137 Å². The van der Waals surface area contributed by atoms with Crippen molar-refractivity contribution >= 4 is 38.1 Å². The highest BCUT2D eigenvalue weighted by atomic mass is 32.2. The van der Waals surface area contributed by atoms with Gasteiger partial charge in [-0.15, -0.1) is 10.2 Å². The summed E-state index contributed by atoms with van der Waals surface area (Å²) in [5, 5.41) is 9.64. The fourth-order valence-electron chi connectivity index (χ4n) is 4.68. The average Bonchev–Trinajstić information content (AvgIpc) is 3.40. The van der Waals surface area contributed by atoms with Crippen LogP contribution in [0, 0.1) is 13.8 Å². The Bertz CT molecular complexity index is 1800. The van der Waals surface area contributed by atoms with Crippen molar-refractivity contribution in [1.29, 1.82) is 0 Å². The van der Waals surface area contributed by atoms with Crippen LogP contribution in [0.15, 0.2) is 119 Å². The summed E-state index contributed by atoms with van der Waals surface area (Å²) in [4.78, 5) is 1.30. The number of hydrogen-bond acceptors (Lipinski definition) is 6. The summed E-state index contributed by atoms with van der Waals surface area (Å²) in [7, 11) is -3.82. The topological polar surface area (TPSA) is 80.1 Å². The lowest BCUT2D eigenvalue weighted by molar-refractivity contribution is 0.589. The lowest BCUT2D eigenvalue weighted by Crippen LogP contribution is -2.34. The van der Waals surface area contributed by atoms with E-state index < -0.39 is 10.0 Å². The minimum Gasteiger partial charge on any atom is -0.289 e. The Hall–Kier alpha value is -4.34. The highest BCUT2D eigenvalue weighted by Gasteiger charge is 2.28. The monoisotopic (exact) mass is 579 g/mol. The molecule has 206 valence electrons. The van der Waals surface area contributed by atoms with E-state index in [0.29, 0.717) is 23.1 Å². The van der Waals surface area contributed by atoms with Gasteiger partial charge in [0, 0.05) is 23.4 Å². The summed E-state index contributed by atoms with van der Waals surface area (Å²) < 4.78 is 31.1. The lowest BCUT2D eigenvalue weighted by atomic mass is 10.1. The number of benzene rings is 4. The van der Waals surface area contributed by atoms with Gasteiger partial charge in [-0.05, 0) is 55.4 Å². The van der Waals surface area contributed by atoms with Crippen LogP contribution < -0.4 is 9.73 Å². The molecule has 4 aromatic carbocycles. The summed E-state index contributed by atoms with van der Waals surface area (Å²) in [5.74, 6) is 0.643. The van der Waals surface area contributed by atoms with Gasteiger partial charge in [-0.2, -0.15) is 0 Å². The number of aromatic nitrogens is 3. The van der Waals surface area contributed by atoms with Gasteiger partial charge in [-0.1, -0.05) is 96.1 Å². The van der Waals surface area contributed by atoms with Crippen molar-refractivity contribution < 1.29 is 8.42 Å². The van der Waals surface area contributed by atoms with Crippen molar-refractivity contribution in [2.24, 2.45) is 0 Å². The first kappa shape index (κ1) is 26.9. The van der Waals surface area contributed by atoms with E-state index in [2.05, 4.69) is 39.9 Å². The van der Waals surface area contributed by atoms with Crippen LogP contribution in [-0.2, 0) is 16.4 Å². The molecule has 0 spiro atoms. The summed E-state index contributed by atoms with van der Waals surface area (Å²) in [5.41, 5.74) is 9.26. The second kappa shape index (κ2) is 11.3. The summed E-state index contributed by atoms with van der Waals surface area (Å²) >= 11 is 1.54. The summed E-state index contributed by atoms with van der Waals surface area (Å²) in [6, 6.07) is 34.8. The van der Waals surface area contributed by atoms with E-state index in [1.165, 1.54) is 4.31 Å². The number of rotatable bonds is 8. The molecule has 0 aliphatic carbocycles. The number of anilines is 1. The largest absolute Gasteiger partial charge is 0.289 e. The number of fused-ring (bicyclic) bond motifs is 1. The highest BCUT2D eigenvalue weighted by Crippen LogP contribution is 2.42. The molecule has 2 heterocycles. The Labute approximate surface area is 244 Å². The van der Waals surface area contributed by atoms with Gasteiger partial charge in [0.15, 0.2) is 5.82 Å². The van der Waals surface area contributed by atoms with Gasteiger partial charge in [-0.3, -0.25) is 9.73 Å². The molecule has 0 radical (unpaired) electrons. The molecular weight excluding hydrogens is 551 g/mol. The van der Waals surface area contributed by atoms with Gasteiger partial charge in [0.1, 0.15) is 0 Å². The Morgan fingerprint density at radius 2 is 1.34 bits per heavy atom. The van der Waals surface area contributed by atoms with Crippen molar-refractivity contribution in [2.45, 2.75) is 30.3 Å². The molecule has 0 saturated carbocycles. The van der Waals surface area contributed by atoms with E-state index in [4.69, 9.17) is 0 Å². The first-order valence-corrected chi connectivity index (χ1v) is 15.6. The molecule has 1 aliphatic heterocycles. The summed E-state index contributed by atoms with van der Waals surface area (Å²) in [6.07, 6.45) is 0.349. The molecule has 5 aromatic rings. The normalized spacial score (nSPS) is 13.0. The lowest BCUT2D eigenvalue weighted by Gasteiger charge is -2.26. The molecule has 0 fully saturated rings. The SMILES string of the molecule is Cc1ccc(N(CCc2nnc3n2NC(c2ccccc2)=C(c2ccccc2)S3)S(=O)(=O)c2ccc(C)cc2)cc1. The molecular formula is C32H29N5O2S2. The highest BCUT2D eigenvalue weighted by molar-refractivity contribution is 8.08. The van der Waals surface area contributed by atoms with Crippen molar-refractivity contribution in [3.8, 4) is 0 Å². The van der Waals surface area contributed by atoms with Crippen molar-refractivity contribution in [1.82, 2.24) is 14.9 Å². The summed E-state index contributed by atoms with van der Waals surface area (Å²) in [6.45, 7) is 4.12. The quantitative estimate of drug-likeness (QED) is 0.226. The van der Waals surface area contributed by atoms with Crippen LogP contribution in [0.3, 0.4) is 0 Å². The van der Waals surface area contributed by atoms with E-state index in [1.54, 1.807) is 23.9 Å². The van der Waals surface area contributed by atoms with E-state index in [1.807, 2.05) is 91.3 Å². The zero-order valence-electron chi connectivity index (χ0n) is 22.7. The molecule has 9 heteroatoms. The molecule has 0 amide bonds. The van der Waals surface area contributed by atoms with Gasteiger partial charge in [0.05, 0.1) is 16.3 Å². The fourth-order valence-corrected chi connectivity index (χ4v) is 7.17. The van der Waals surface area contributed by atoms with Crippen molar-refractivity contribution in [2.75, 3.05) is 16.3 Å². The van der Waals surface area contributed by atoms with E-state index in [9.17, 15) is 8.42 Å². The molecule has 1 aromatic heterocycles. The number of thioether (sulfide) groups is 1. The zero-order valence-corrected chi connectivity index (χ0v) is 24.4. The van der Waals surface area contributed by atoms with E-state index >= 15 is 0 Å². The first-order valence-electron chi connectivity index (χ1n) is 13.3.